The topological polar surface area (TPSA) is 9.23 Å². The first-order chi connectivity index (χ1) is 12.3. The highest BCUT2D eigenvalue weighted by molar-refractivity contribution is 6.76. The van der Waals surface area contributed by atoms with Gasteiger partial charge in [-0.2, -0.15) is 0 Å². The molecule has 1 aliphatic rings. The molecule has 0 saturated heterocycles. The summed E-state index contributed by atoms with van der Waals surface area (Å²) in [6.07, 6.45) is 19.1. The fourth-order valence-electron chi connectivity index (χ4n) is 4.61. The zero-order valence-corrected chi connectivity index (χ0v) is 20.0. The molecule has 0 fully saturated rings. The van der Waals surface area contributed by atoms with Gasteiger partial charge in [0, 0.05) is 6.42 Å². The molecular formula is C24H48OSi. The van der Waals surface area contributed by atoms with Gasteiger partial charge in [0.2, 0.25) is 0 Å². The van der Waals surface area contributed by atoms with Crippen LogP contribution in [0.5, 0.6) is 0 Å². The van der Waals surface area contributed by atoms with E-state index in [4.69, 9.17) is 4.43 Å². The molecule has 1 rings (SSSR count). The Kier molecular flexibility index (Phi) is 11.2. The summed E-state index contributed by atoms with van der Waals surface area (Å²) in [4.78, 5) is 0. The lowest BCUT2D eigenvalue weighted by Crippen LogP contribution is -2.45. The second-order valence-electron chi connectivity index (χ2n) is 9.74. The highest BCUT2D eigenvalue weighted by Gasteiger charge is 2.45. The molecule has 0 radical (unpaired) electrons. The minimum atomic E-state index is -1.75. The molecule has 1 aliphatic carbocycles. The maximum atomic E-state index is 7.00. The van der Waals surface area contributed by atoms with Crippen molar-refractivity contribution in [2.45, 2.75) is 136 Å². The molecule has 0 spiro atoms. The van der Waals surface area contributed by atoms with Crippen LogP contribution < -0.4 is 0 Å². The van der Waals surface area contributed by atoms with Gasteiger partial charge in [0.05, 0.1) is 5.76 Å². The van der Waals surface area contributed by atoms with Gasteiger partial charge >= 0.3 is 0 Å². The molecule has 2 heteroatoms. The normalized spacial score (nSPS) is 24.8. The monoisotopic (exact) mass is 380 g/mol. The van der Waals surface area contributed by atoms with Crippen LogP contribution in [-0.4, -0.2) is 8.32 Å². The maximum absolute atomic E-state index is 7.00. The highest BCUT2D eigenvalue weighted by Crippen LogP contribution is 2.44. The van der Waals surface area contributed by atoms with Crippen molar-refractivity contribution in [3.63, 3.8) is 0 Å². The average molecular weight is 381 g/mol. The molecular weight excluding hydrogens is 332 g/mol. The van der Waals surface area contributed by atoms with E-state index < -0.39 is 8.32 Å². The second-order valence-corrected chi connectivity index (χ2v) is 14.8. The molecule has 1 atom stereocenters. The number of hydrogen-bond donors (Lipinski definition) is 0. The zero-order valence-electron chi connectivity index (χ0n) is 19.0. The van der Waals surface area contributed by atoms with Gasteiger partial charge in [-0.3, -0.25) is 0 Å². The third-order valence-corrected chi connectivity index (χ3v) is 12.3. The number of allylic oxidation sites excluding steroid dienone is 2. The minimum absolute atomic E-state index is 0.303. The van der Waals surface area contributed by atoms with E-state index in [2.05, 4.69) is 47.6 Å². The van der Waals surface area contributed by atoms with E-state index in [0.717, 1.165) is 6.42 Å². The molecule has 0 aromatic heterocycles. The van der Waals surface area contributed by atoms with E-state index in [9.17, 15) is 0 Å². The van der Waals surface area contributed by atoms with Crippen molar-refractivity contribution in [2.24, 2.45) is 5.92 Å². The summed E-state index contributed by atoms with van der Waals surface area (Å²) in [5, 5.41) is 0.303. The summed E-state index contributed by atoms with van der Waals surface area (Å²) in [5.41, 5.74) is 0. The Bertz CT molecular complexity index is 390. The lowest BCUT2D eigenvalue weighted by atomic mass is 10.0. The van der Waals surface area contributed by atoms with Crippen molar-refractivity contribution >= 4 is 8.32 Å². The molecule has 0 aromatic rings. The fraction of sp³-hybridized carbons (Fsp3) is 0.917. The van der Waals surface area contributed by atoms with Crippen molar-refractivity contribution in [3.05, 3.63) is 11.8 Å². The predicted molar refractivity (Wildman–Crippen MR) is 120 cm³/mol. The lowest BCUT2D eigenvalue weighted by molar-refractivity contribution is 0.343. The lowest BCUT2D eigenvalue weighted by Gasteiger charge is -2.42. The largest absolute Gasteiger partial charge is 0.546 e. The summed E-state index contributed by atoms with van der Waals surface area (Å²) in [5.74, 6) is 2.01. The molecule has 1 nitrogen and oxygen atoms in total. The highest BCUT2D eigenvalue weighted by atomic mass is 28.4. The van der Waals surface area contributed by atoms with E-state index in [1.54, 1.807) is 0 Å². The Hall–Kier alpha value is -0.243. The fourth-order valence-corrected chi connectivity index (χ4v) is 8.50. The van der Waals surface area contributed by atoms with Gasteiger partial charge in [-0.1, -0.05) is 99.3 Å². The SMILES string of the molecule is CC[Si](CC)(O/C1=C\C(C)CCCCCCCCCCCC1)C(C)(C)C. The summed E-state index contributed by atoms with van der Waals surface area (Å²) >= 11 is 0. The van der Waals surface area contributed by atoms with Gasteiger partial charge in [-0.25, -0.2) is 0 Å². The Morgan fingerprint density at radius 1 is 0.846 bits per heavy atom. The zero-order chi connectivity index (χ0) is 19.5. The molecule has 0 bridgehead atoms. The van der Waals surface area contributed by atoms with Crippen molar-refractivity contribution in [2.75, 3.05) is 0 Å². The van der Waals surface area contributed by atoms with Gasteiger partial charge in [-0.15, -0.1) is 0 Å². The van der Waals surface area contributed by atoms with Gasteiger partial charge in [-0.05, 0) is 42.0 Å². The molecule has 26 heavy (non-hydrogen) atoms. The molecule has 0 heterocycles. The van der Waals surface area contributed by atoms with E-state index in [1.807, 2.05) is 0 Å². The Morgan fingerprint density at radius 3 is 1.77 bits per heavy atom. The van der Waals surface area contributed by atoms with Crippen LogP contribution in [0.4, 0.5) is 0 Å². The predicted octanol–water partition coefficient (Wildman–Crippen LogP) is 9.00. The van der Waals surface area contributed by atoms with Crippen molar-refractivity contribution < 1.29 is 4.43 Å². The van der Waals surface area contributed by atoms with Crippen LogP contribution >= 0.6 is 0 Å². The second kappa shape index (κ2) is 12.3. The van der Waals surface area contributed by atoms with Gasteiger partial charge in [0.25, 0.3) is 8.32 Å². The summed E-state index contributed by atoms with van der Waals surface area (Å²) in [6, 6.07) is 2.44. The van der Waals surface area contributed by atoms with Crippen LogP contribution in [0.15, 0.2) is 11.8 Å². The Labute approximate surface area is 166 Å². The number of hydrogen-bond acceptors (Lipinski definition) is 1. The van der Waals surface area contributed by atoms with Gasteiger partial charge in [0.1, 0.15) is 0 Å². The van der Waals surface area contributed by atoms with Crippen LogP contribution in [0.25, 0.3) is 0 Å². The summed E-state index contributed by atoms with van der Waals surface area (Å²) in [7, 11) is -1.75. The third-order valence-electron chi connectivity index (χ3n) is 6.64. The first kappa shape index (κ1) is 23.8. The smallest absolute Gasteiger partial charge is 0.255 e. The molecule has 0 aromatic carbocycles. The Morgan fingerprint density at radius 2 is 1.31 bits per heavy atom. The van der Waals surface area contributed by atoms with Crippen LogP contribution in [-0.2, 0) is 4.43 Å². The summed E-state index contributed by atoms with van der Waals surface area (Å²) < 4.78 is 7.00. The van der Waals surface area contributed by atoms with Gasteiger partial charge in [0.15, 0.2) is 0 Å². The van der Waals surface area contributed by atoms with Crippen molar-refractivity contribution in [1.29, 1.82) is 0 Å². The van der Waals surface area contributed by atoms with E-state index in [0.29, 0.717) is 11.0 Å². The number of rotatable bonds is 4. The molecule has 1 unspecified atom stereocenters. The van der Waals surface area contributed by atoms with E-state index in [-0.39, 0.29) is 0 Å². The standard InChI is InChI=1S/C24H48OSi/c1-7-26(8-2,24(4,5)6)25-23-20-18-16-14-12-10-9-11-13-15-17-19-22(3)21-23/h21-22H,7-20H2,1-6H3/b23-21-. The van der Waals surface area contributed by atoms with Crippen molar-refractivity contribution in [1.82, 2.24) is 0 Å². The van der Waals surface area contributed by atoms with E-state index >= 15 is 0 Å². The minimum Gasteiger partial charge on any atom is -0.546 e. The molecule has 0 N–H and O–H groups in total. The maximum Gasteiger partial charge on any atom is 0.255 e. The van der Waals surface area contributed by atoms with Crippen LogP contribution in [0.1, 0.15) is 119 Å². The van der Waals surface area contributed by atoms with Crippen LogP contribution in [0, 0.1) is 5.92 Å². The molecule has 0 aliphatic heterocycles. The van der Waals surface area contributed by atoms with Crippen LogP contribution in [0.3, 0.4) is 0 Å². The average Bonchev–Trinajstić information content (AvgIpc) is 2.59. The molecule has 0 saturated carbocycles. The third kappa shape index (κ3) is 8.19. The molecule has 0 amide bonds. The Balaban J connectivity index is 2.85. The van der Waals surface area contributed by atoms with Crippen LogP contribution in [0.2, 0.25) is 17.1 Å². The first-order valence-corrected chi connectivity index (χ1v) is 14.1. The van der Waals surface area contributed by atoms with E-state index in [1.165, 1.54) is 88.5 Å². The van der Waals surface area contributed by atoms with Gasteiger partial charge < -0.3 is 4.43 Å². The summed E-state index contributed by atoms with van der Waals surface area (Å²) in [6.45, 7) is 14.3. The molecule has 154 valence electrons. The first-order valence-electron chi connectivity index (χ1n) is 11.7. The van der Waals surface area contributed by atoms with Crippen molar-refractivity contribution in [3.8, 4) is 0 Å². The quantitative estimate of drug-likeness (QED) is 0.442.